The quantitative estimate of drug-likeness (QED) is 0.789. The number of anilines is 1. The second kappa shape index (κ2) is 6.11. The zero-order valence-corrected chi connectivity index (χ0v) is 12.7. The van der Waals surface area contributed by atoms with Gasteiger partial charge in [0, 0.05) is 11.7 Å². The number of benzene rings is 1. The molecular weight excluding hydrogens is 276 g/mol. The minimum absolute atomic E-state index is 0.189. The molecule has 1 aromatic carbocycles. The van der Waals surface area contributed by atoms with E-state index >= 15 is 0 Å². The van der Waals surface area contributed by atoms with Gasteiger partial charge in [0.2, 0.25) is 10.0 Å². The molecule has 0 saturated heterocycles. The number of nitrogens with one attached hydrogen (secondary N) is 2. The Balaban J connectivity index is 2.16. The van der Waals surface area contributed by atoms with Crippen LogP contribution in [0.1, 0.15) is 31.2 Å². The number of hydrogen-bond acceptors (Lipinski definition) is 4. The number of sulfonamides is 1. The molecule has 1 aromatic rings. The van der Waals surface area contributed by atoms with Gasteiger partial charge in [0.25, 0.3) is 0 Å². The molecule has 0 atom stereocenters. The summed E-state index contributed by atoms with van der Waals surface area (Å²) in [6.45, 7) is 1.78. The molecule has 2 rings (SSSR count). The van der Waals surface area contributed by atoms with E-state index in [1.165, 1.54) is 7.05 Å². The molecule has 1 fully saturated rings. The zero-order chi connectivity index (χ0) is 14.8. The lowest BCUT2D eigenvalue weighted by Gasteiger charge is -2.27. The van der Waals surface area contributed by atoms with Crippen molar-refractivity contribution in [1.82, 2.24) is 4.72 Å². The second-order valence-corrected chi connectivity index (χ2v) is 7.19. The summed E-state index contributed by atoms with van der Waals surface area (Å²) in [5, 5.41) is 12.9. The first-order chi connectivity index (χ1) is 9.42. The monoisotopic (exact) mass is 298 g/mol. The first kappa shape index (κ1) is 15.3. The summed E-state index contributed by atoms with van der Waals surface area (Å²) in [5.74, 6) is 0. The van der Waals surface area contributed by atoms with Crippen LogP contribution in [0.5, 0.6) is 0 Å². The molecule has 1 saturated carbocycles. The van der Waals surface area contributed by atoms with Gasteiger partial charge in [-0.05, 0) is 57.4 Å². The van der Waals surface area contributed by atoms with Gasteiger partial charge in [-0.15, -0.1) is 0 Å². The van der Waals surface area contributed by atoms with E-state index in [2.05, 4.69) is 10.0 Å². The Hall–Kier alpha value is -1.11. The molecule has 0 unspecified atom stereocenters. The van der Waals surface area contributed by atoms with Crippen LogP contribution in [0.25, 0.3) is 0 Å². The molecule has 0 spiro atoms. The van der Waals surface area contributed by atoms with Gasteiger partial charge in [0.15, 0.2) is 0 Å². The van der Waals surface area contributed by atoms with Crippen LogP contribution >= 0.6 is 0 Å². The second-order valence-electron chi connectivity index (χ2n) is 5.34. The molecular formula is C14H22N2O3S. The topological polar surface area (TPSA) is 78.4 Å². The Labute approximate surface area is 120 Å². The van der Waals surface area contributed by atoms with Crippen molar-refractivity contribution in [3.05, 3.63) is 23.8 Å². The van der Waals surface area contributed by atoms with Crippen molar-refractivity contribution in [1.29, 1.82) is 0 Å². The van der Waals surface area contributed by atoms with Crippen LogP contribution in [0.4, 0.5) is 5.69 Å². The van der Waals surface area contributed by atoms with Gasteiger partial charge in [0.1, 0.15) is 0 Å². The third-order valence-corrected chi connectivity index (χ3v) is 5.37. The summed E-state index contributed by atoms with van der Waals surface area (Å²) in [5.41, 5.74) is 1.54. The average molecular weight is 298 g/mol. The summed E-state index contributed by atoms with van der Waals surface area (Å²) in [4.78, 5) is 0.306. The number of aryl methyl sites for hydroxylation is 1. The van der Waals surface area contributed by atoms with Crippen molar-refractivity contribution >= 4 is 15.7 Å². The van der Waals surface area contributed by atoms with Gasteiger partial charge in [-0.2, -0.15) is 0 Å². The molecule has 0 bridgehead atoms. The molecule has 0 aromatic heterocycles. The Morgan fingerprint density at radius 1 is 1.20 bits per heavy atom. The molecule has 0 radical (unpaired) electrons. The molecule has 6 heteroatoms. The molecule has 3 N–H and O–H groups in total. The van der Waals surface area contributed by atoms with Gasteiger partial charge >= 0.3 is 0 Å². The lowest BCUT2D eigenvalue weighted by Crippen LogP contribution is -2.28. The fraction of sp³-hybridized carbons (Fsp3) is 0.571. The van der Waals surface area contributed by atoms with Crippen LogP contribution in [-0.2, 0) is 10.0 Å². The van der Waals surface area contributed by atoms with E-state index in [1.54, 1.807) is 13.0 Å². The van der Waals surface area contributed by atoms with Gasteiger partial charge in [-0.3, -0.25) is 0 Å². The SMILES string of the molecule is CNS(=O)(=O)c1cc(NC2CCC(O)CC2)ccc1C. The molecule has 112 valence electrons. The Morgan fingerprint density at radius 2 is 1.85 bits per heavy atom. The first-order valence-electron chi connectivity index (χ1n) is 6.91. The summed E-state index contributed by atoms with van der Waals surface area (Å²) in [6, 6.07) is 5.68. The third kappa shape index (κ3) is 3.50. The summed E-state index contributed by atoms with van der Waals surface area (Å²) < 4.78 is 26.2. The predicted molar refractivity (Wildman–Crippen MR) is 79.3 cm³/mol. The van der Waals surface area contributed by atoms with E-state index in [1.807, 2.05) is 12.1 Å². The normalized spacial score (nSPS) is 23.6. The Kier molecular flexibility index (Phi) is 4.67. The fourth-order valence-electron chi connectivity index (χ4n) is 2.55. The van der Waals surface area contributed by atoms with Crippen LogP contribution in [0, 0.1) is 6.92 Å². The maximum atomic E-state index is 11.9. The highest BCUT2D eigenvalue weighted by atomic mass is 32.2. The lowest BCUT2D eigenvalue weighted by atomic mass is 9.93. The van der Waals surface area contributed by atoms with E-state index in [0.717, 1.165) is 36.9 Å². The standard InChI is InChI=1S/C14H22N2O3S/c1-10-3-4-12(9-14(10)20(18,19)15-2)16-11-5-7-13(17)8-6-11/h3-4,9,11,13,15-17H,5-8H2,1-2H3. The number of hydrogen-bond donors (Lipinski definition) is 3. The molecule has 0 heterocycles. The van der Waals surface area contributed by atoms with Gasteiger partial charge in [-0.1, -0.05) is 6.07 Å². The van der Waals surface area contributed by atoms with Gasteiger partial charge < -0.3 is 10.4 Å². The maximum absolute atomic E-state index is 11.9. The van der Waals surface area contributed by atoms with Crippen molar-refractivity contribution in [3.63, 3.8) is 0 Å². The van der Waals surface area contributed by atoms with Crippen LogP contribution in [0.3, 0.4) is 0 Å². The molecule has 1 aliphatic rings. The minimum atomic E-state index is -3.43. The fourth-order valence-corrected chi connectivity index (χ4v) is 3.54. The smallest absolute Gasteiger partial charge is 0.240 e. The Morgan fingerprint density at radius 3 is 2.45 bits per heavy atom. The first-order valence-corrected chi connectivity index (χ1v) is 8.39. The van der Waals surface area contributed by atoms with E-state index in [4.69, 9.17) is 0 Å². The highest BCUT2D eigenvalue weighted by molar-refractivity contribution is 7.89. The predicted octanol–water partition coefficient (Wildman–Crippen LogP) is 1.62. The zero-order valence-electron chi connectivity index (χ0n) is 11.9. The van der Waals surface area contributed by atoms with Gasteiger partial charge in [-0.25, -0.2) is 13.1 Å². The number of rotatable bonds is 4. The number of aliphatic hydroxyl groups is 1. The maximum Gasteiger partial charge on any atom is 0.240 e. The van der Waals surface area contributed by atoms with Crippen LogP contribution < -0.4 is 10.0 Å². The minimum Gasteiger partial charge on any atom is -0.393 e. The summed E-state index contributed by atoms with van der Waals surface area (Å²) in [6.07, 6.45) is 3.22. The molecule has 5 nitrogen and oxygen atoms in total. The van der Waals surface area contributed by atoms with Crippen molar-refractivity contribution in [2.24, 2.45) is 0 Å². The van der Waals surface area contributed by atoms with Crippen LogP contribution in [-0.4, -0.2) is 32.7 Å². The molecule has 1 aliphatic carbocycles. The Bertz CT molecular complexity index is 564. The van der Waals surface area contributed by atoms with E-state index in [9.17, 15) is 13.5 Å². The molecule has 20 heavy (non-hydrogen) atoms. The van der Waals surface area contributed by atoms with E-state index in [-0.39, 0.29) is 6.10 Å². The summed E-state index contributed by atoms with van der Waals surface area (Å²) >= 11 is 0. The van der Waals surface area contributed by atoms with Gasteiger partial charge in [0.05, 0.1) is 11.0 Å². The largest absolute Gasteiger partial charge is 0.393 e. The third-order valence-electron chi connectivity index (χ3n) is 3.81. The van der Waals surface area contributed by atoms with Crippen LogP contribution in [0.15, 0.2) is 23.1 Å². The van der Waals surface area contributed by atoms with E-state index < -0.39 is 10.0 Å². The van der Waals surface area contributed by atoms with Crippen LogP contribution in [0.2, 0.25) is 0 Å². The number of aliphatic hydroxyl groups excluding tert-OH is 1. The summed E-state index contributed by atoms with van der Waals surface area (Å²) in [7, 11) is -2.02. The van der Waals surface area contributed by atoms with Crippen molar-refractivity contribution < 1.29 is 13.5 Å². The molecule has 0 aliphatic heterocycles. The lowest BCUT2D eigenvalue weighted by molar-refractivity contribution is 0.126. The van der Waals surface area contributed by atoms with Crippen molar-refractivity contribution in [2.45, 2.75) is 49.6 Å². The van der Waals surface area contributed by atoms with Crippen molar-refractivity contribution in [2.75, 3.05) is 12.4 Å². The van der Waals surface area contributed by atoms with Crippen molar-refractivity contribution in [3.8, 4) is 0 Å². The molecule has 0 amide bonds. The highest BCUT2D eigenvalue weighted by Gasteiger charge is 2.20. The highest BCUT2D eigenvalue weighted by Crippen LogP contribution is 2.25. The van der Waals surface area contributed by atoms with E-state index in [0.29, 0.717) is 10.9 Å². The average Bonchev–Trinajstić information content (AvgIpc) is 2.43.